The predicted octanol–water partition coefficient (Wildman–Crippen LogP) is 16.8. The summed E-state index contributed by atoms with van der Waals surface area (Å²) < 4.78 is 0. The van der Waals surface area contributed by atoms with Gasteiger partial charge in [-0.15, -0.1) is 0 Å². The molecule has 1 aliphatic carbocycles. The molecule has 1 aromatic heterocycles. The Labute approximate surface area is 380 Å². The Kier molecular flexibility index (Phi) is 9.21. The quantitative estimate of drug-likeness (QED) is 0.160. The lowest BCUT2D eigenvalue weighted by Crippen LogP contribution is -2.14. The zero-order valence-corrected chi connectivity index (χ0v) is 36.3. The SMILES string of the molecule is CC1(C)c2ccccc2-c2ccc(-c3cc(-c4ccc5ccccc5c4)cc(-c4ccc(-c5cc(-c6ccc(-c7ccccc7)cc6)nc(-c6ccccc6)n5)c5ccccc45)c3)cc21. The van der Waals surface area contributed by atoms with Gasteiger partial charge in [0.25, 0.3) is 0 Å². The third-order valence-corrected chi connectivity index (χ3v) is 13.5. The molecule has 2 heteroatoms. The molecule has 0 amide bonds. The molecule has 0 spiro atoms. The summed E-state index contributed by atoms with van der Waals surface area (Å²) in [6.45, 7) is 4.72. The van der Waals surface area contributed by atoms with E-state index in [0.717, 1.165) is 33.5 Å². The maximum atomic E-state index is 5.29. The van der Waals surface area contributed by atoms with Crippen LogP contribution in [-0.4, -0.2) is 9.97 Å². The number of nitrogens with zero attached hydrogens (tertiary/aromatic N) is 2. The van der Waals surface area contributed by atoms with Gasteiger partial charge in [-0.25, -0.2) is 9.97 Å². The van der Waals surface area contributed by atoms with E-state index >= 15 is 0 Å². The Balaban J connectivity index is 1.02. The van der Waals surface area contributed by atoms with Crippen molar-refractivity contribution in [2.45, 2.75) is 19.3 Å². The molecule has 0 bridgehead atoms. The average molecular weight is 829 g/mol. The summed E-state index contributed by atoms with van der Waals surface area (Å²) in [5, 5.41) is 4.78. The molecule has 0 radical (unpaired) electrons. The molecule has 12 rings (SSSR count). The molecular formula is C63H44N2. The summed E-state index contributed by atoms with van der Waals surface area (Å²) in [6.07, 6.45) is 0. The van der Waals surface area contributed by atoms with E-state index in [4.69, 9.17) is 9.97 Å². The Morgan fingerprint density at radius 3 is 1.55 bits per heavy atom. The van der Waals surface area contributed by atoms with Crippen molar-refractivity contribution in [3.05, 3.63) is 242 Å². The zero-order valence-electron chi connectivity index (χ0n) is 36.3. The zero-order chi connectivity index (χ0) is 43.5. The van der Waals surface area contributed by atoms with Gasteiger partial charge in [0.05, 0.1) is 11.4 Å². The van der Waals surface area contributed by atoms with Gasteiger partial charge in [-0.2, -0.15) is 0 Å². The topological polar surface area (TPSA) is 25.8 Å². The molecular weight excluding hydrogens is 785 g/mol. The lowest BCUT2D eigenvalue weighted by atomic mass is 9.81. The minimum Gasteiger partial charge on any atom is -0.228 e. The van der Waals surface area contributed by atoms with Crippen molar-refractivity contribution in [1.82, 2.24) is 9.97 Å². The van der Waals surface area contributed by atoms with Crippen LogP contribution in [0.3, 0.4) is 0 Å². The first-order valence-electron chi connectivity index (χ1n) is 22.5. The normalized spacial score (nSPS) is 12.6. The highest BCUT2D eigenvalue weighted by atomic mass is 14.9. The Morgan fingerprint density at radius 1 is 0.277 bits per heavy atom. The molecule has 0 unspecified atom stereocenters. The molecule has 11 aromatic rings. The molecule has 306 valence electrons. The number of hydrogen-bond acceptors (Lipinski definition) is 2. The maximum absolute atomic E-state index is 5.29. The summed E-state index contributed by atoms with van der Waals surface area (Å²) in [5.41, 5.74) is 19.7. The van der Waals surface area contributed by atoms with Crippen LogP contribution in [0.15, 0.2) is 231 Å². The number of rotatable bonds is 7. The van der Waals surface area contributed by atoms with Gasteiger partial charge in [0.1, 0.15) is 0 Å². The number of hydrogen-bond donors (Lipinski definition) is 0. The van der Waals surface area contributed by atoms with Gasteiger partial charge in [-0.05, 0) is 125 Å². The van der Waals surface area contributed by atoms with E-state index in [1.54, 1.807) is 0 Å². The molecule has 1 heterocycles. The molecule has 0 atom stereocenters. The van der Waals surface area contributed by atoms with Crippen LogP contribution in [0, 0.1) is 0 Å². The maximum Gasteiger partial charge on any atom is 0.160 e. The van der Waals surface area contributed by atoms with Gasteiger partial charge in [-0.3, -0.25) is 0 Å². The molecule has 0 aliphatic heterocycles. The first kappa shape index (κ1) is 38.5. The Morgan fingerprint density at radius 2 is 0.785 bits per heavy atom. The van der Waals surface area contributed by atoms with Crippen LogP contribution >= 0.6 is 0 Å². The molecule has 10 aromatic carbocycles. The highest BCUT2D eigenvalue weighted by Crippen LogP contribution is 2.50. The fraction of sp³-hybridized carbons (Fsp3) is 0.0476. The van der Waals surface area contributed by atoms with Gasteiger partial charge in [0, 0.05) is 22.1 Å². The number of aromatic nitrogens is 2. The fourth-order valence-corrected chi connectivity index (χ4v) is 10.1. The molecule has 65 heavy (non-hydrogen) atoms. The lowest BCUT2D eigenvalue weighted by Gasteiger charge is -2.22. The van der Waals surface area contributed by atoms with Crippen molar-refractivity contribution in [3.63, 3.8) is 0 Å². The monoisotopic (exact) mass is 828 g/mol. The van der Waals surface area contributed by atoms with Crippen LogP contribution in [0.1, 0.15) is 25.0 Å². The van der Waals surface area contributed by atoms with Gasteiger partial charge in [-0.1, -0.05) is 208 Å². The predicted molar refractivity (Wildman–Crippen MR) is 273 cm³/mol. The summed E-state index contributed by atoms with van der Waals surface area (Å²) >= 11 is 0. The van der Waals surface area contributed by atoms with Crippen LogP contribution in [0.5, 0.6) is 0 Å². The third-order valence-electron chi connectivity index (χ3n) is 13.5. The van der Waals surface area contributed by atoms with Crippen LogP contribution in [0.4, 0.5) is 0 Å². The second-order valence-corrected chi connectivity index (χ2v) is 17.8. The van der Waals surface area contributed by atoms with Crippen molar-refractivity contribution < 1.29 is 0 Å². The summed E-state index contributed by atoms with van der Waals surface area (Å²) in [5.74, 6) is 0.701. The van der Waals surface area contributed by atoms with Crippen molar-refractivity contribution in [1.29, 1.82) is 0 Å². The highest BCUT2D eigenvalue weighted by Gasteiger charge is 2.35. The van der Waals surface area contributed by atoms with Gasteiger partial charge < -0.3 is 0 Å². The van der Waals surface area contributed by atoms with Crippen molar-refractivity contribution >= 4 is 21.5 Å². The van der Waals surface area contributed by atoms with Crippen LogP contribution in [0.2, 0.25) is 0 Å². The van der Waals surface area contributed by atoms with Gasteiger partial charge in [0.15, 0.2) is 5.82 Å². The largest absolute Gasteiger partial charge is 0.228 e. The van der Waals surface area contributed by atoms with E-state index in [1.165, 1.54) is 82.9 Å². The van der Waals surface area contributed by atoms with Gasteiger partial charge in [0.2, 0.25) is 0 Å². The van der Waals surface area contributed by atoms with E-state index in [0.29, 0.717) is 5.82 Å². The minimum atomic E-state index is -0.0976. The first-order valence-corrected chi connectivity index (χ1v) is 22.5. The molecule has 1 aliphatic rings. The average Bonchev–Trinajstić information content (AvgIpc) is 3.61. The first-order chi connectivity index (χ1) is 31.9. The Hall–Kier alpha value is -8.20. The Bertz CT molecular complexity index is 3600. The summed E-state index contributed by atoms with van der Waals surface area (Å²) in [7, 11) is 0. The smallest absolute Gasteiger partial charge is 0.160 e. The van der Waals surface area contributed by atoms with Crippen molar-refractivity contribution in [2.24, 2.45) is 0 Å². The van der Waals surface area contributed by atoms with Crippen molar-refractivity contribution in [3.8, 4) is 89.5 Å². The number of fused-ring (bicyclic) bond motifs is 5. The van der Waals surface area contributed by atoms with E-state index in [1.807, 2.05) is 18.2 Å². The lowest BCUT2D eigenvalue weighted by molar-refractivity contribution is 0.660. The highest BCUT2D eigenvalue weighted by molar-refractivity contribution is 6.06. The van der Waals surface area contributed by atoms with E-state index in [9.17, 15) is 0 Å². The molecule has 0 N–H and O–H groups in total. The van der Waals surface area contributed by atoms with E-state index in [2.05, 4.69) is 226 Å². The standard InChI is InChI=1S/C63H44N2/c1-63(2)58-24-14-13-23-55(58)56-32-31-48(39-59(56)63)50-36-49(47-30-27-42-17-9-10-20-46(42)35-47)37-51(38-50)52-33-34-57(54-22-12-11-21-53(52)54)61-40-60(64-62(65-61)45-18-7-4-8-19-45)44-28-25-43(26-29-44)41-15-5-3-6-16-41/h3-40H,1-2H3. The van der Waals surface area contributed by atoms with Crippen LogP contribution in [0.25, 0.3) is 111 Å². The molecule has 0 saturated heterocycles. The van der Waals surface area contributed by atoms with E-state index in [-0.39, 0.29) is 5.41 Å². The van der Waals surface area contributed by atoms with E-state index < -0.39 is 0 Å². The molecule has 0 fully saturated rings. The fourth-order valence-electron chi connectivity index (χ4n) is 10.1. The second kappa shape index (κ2) is 15.6. The molecule has 0 saturated carbocycles. The number of benzene rings is 10. The minimum absolute atomic E-state index is 0.0976. The van der Waals surface area contributed by atoms with Gasteiger partial charge >= 0.3 is 0 Å². The van der Waals surface area contributed by atoms with Crippen molar-refractivity contribution in [2.75, 3.05) is 0 Å². The summed E-state index contributed by atoms with van der Waals surface area (Å²) in [6, 6.07) is 83.6. The third kappa shape index (κ3) is 6.83. The van der Waals surface area contributed by atoms with Crippen LogP contribution in [-0.2, 0) is 5.41 Å². The van der Waals surface area contributed by atoms with Crippen LogP contribution < -0.4 is 0 Å². The second-order valence-electron chi connectivity index (χ2n) is 17.8. The molecule has 2 nitrogen and oxygen atoms in total. The summed E-state index contributed by atoms with van der Waals surface area (Å²) in [4.78, 5) is 10.5.